The molecular weight excluding hydrogens is 368 g/mol. The van der Waals surface area contributed by atoms with Gasteiger partial charge in [-0.1, -0.05) is 42.5 Å². The van der Waals surface area contributed by atoms with Gasteiger partial charge in [-0.15, -0.1) is 0 Å². The fourth-order valence-corrected chi connectivity index (χ4v) is 2.83. The SMILES string of the molecule is O=C(NCc1ccnc(OCc2ccccc2)c1)c1nc2ccccc2c(=O)[nH]1. The molecule has 1 amide bonds. The number of nitrogens with one attached hydrogen (secondary N) is 2. The minimum Gasteiger partial charge on any atom is -0.473 e. The van der Waals surface area contributed by atoms with Gasteiger partial charge in [0.25, 0.3) is 11.5 Å². The van der Waals surface area contributed by atoms with Crippen LogP contribution in [0.3, 0.4) is 0 Å². The maximum Gasteiger partial charge on any atom is 0.287 e. The largest absolute Gasteiger partial charge is 0.473 e. The number of ether oxygens (including phenoxy) is 1. The highest BCUT2D eigenvalue weighted by Crippen LogP contribution is 2.12. The van der Waals surface area contributed by atoms with E-state index in [0.717, 1.165) is 11.1 Å². The number of fused-ring (bicyclic) bond motifs is 1. The molecular formula is C22H18N4O3. The van der Waals surface area contributed by atoms with E-state index in [1.807, 2.05) is 30.3 Å². The summed E-state index contributed by atoms with van der Waals surface area (Å²) < 4.78 is 5.70. The number of carbonyl (C=O) groups is 1. The Hall–Kier alpha value is -4.00. The van der Waals surface area contributed by atoms with Crippen molar-refractivity contribution in [2.75, 3.05) is 0 Å². The van der Waals surface area contributed by atoms with E-state index in [1.165, 1.54) is 0 Å². The van der Waals surface area contributed by atoms with Gasteiger partial charge in [-0.25, -0.2) is 9.97 Å². The number of aromatic amines is 1. The first kappa shape index (κ1) is 18.4. The van der Waals surface area contributed by atoms with Crippen LogP contribution in [0, 0.1) is 0 Å². The first-order chi connectivity index (χ1) is 14.2. The summed E-state index contributed by atoms with van der Waals surface area (Å²) in [5.74, 6) is -0.0161. The maximum atomic E-state index is 12.4. The summed E-state index contributed by atoms with van der Waals surface area (Å²) in [6.45, 7) is 0.658. The second kappa shape index (κ2) is 8.35. The highest BCUT2D eigenvalue weighted by Gasteiger charge is 2.11. The maximum absolute atomic E-state index is 12.4. The average Bonchev–Trinajstić information content (AvgIpc) is 2.77. The van der Waals surface area contributed by atoms with Gasteiger partial charge >= 0.3 is 0 Å². The zero-order chi connectivity index (χ0) is 20.1. The van der Waals surface area contributed by atoms with Crippen LogP contribution in [0.25, 0.3) is 10.9 Å². The Bertz CT molecular complexity index is 1210. The lowest BCUT2D eigenvalue weighted by Gasteiger charge is -2.08. The predicted octanol–water partition coefficient (Wildman–Crippen LogP) is 2.83. The summed E-state index contributed by atoms with van der Waals surface area (Å²) in [5, 5.41) is 3.20. The van der Waals surface area contributed by atoms with Crippen molar-refractivity contribution in [1.29, 1.82) is 0 Å². The van der Waals surface area contributed by atoms with Crippen molar-refractivity contribution < 1.29 is 9.53 Å². The second-order valence-electron chi connectivity index (χ2n) is 6.39. The average molecular weight is 386 g/mol. The number of para-hydroxylation sites is 1. The minimum atomic E-state index is -0.462. The molecule has 4 rings (SSSR count). The molecule has 0 unspecified atom stereocenters. The van der Waals surface area contributed by atoms with Crippen LogP contribution in [0.2, 0.25) is 0 Å². The van der Waals surface area contributed by atoms with Crippen molar-refractivity contribution in [3.8, 4) is 5.88 Å². The Morgan fingerprint density at radius 3 is 2.66 bits per heavy atom. The number of hydrogen-bond donors (Lipinski definition) is 2. The Labute approximate surface area is 166 Å². The van der Waals surface area contributed by atoms with Crippen LogP contribution in [0.5, 0.6) is 5.88 Å². The molecule has 144 valence electrons. The lowest BCUT2D eigenvalue weighted by Crippen LogP contribution is -2.27. The first-order valence-electron chi connectivity index (χ1n) is 9.08. The Morgan fingerprint density at radius 1 is 1.00 bits per heavy atom. The predicted molar refractivity (Wildman–Crippen MR) is 109 cm³/mol. The molecule has 7 heteroatoms. The van der Waals surface area contributed by atoms with Gasteiger partial charge in [0, 0.05) is 18.8 Å². The fraction of sp³-hybridized carbons (Fsp3) is 0.0909. The molecule has 0 aliphatic rings. The van der Waals surface area contributed by atoms with E-state index in [0.29, 0.717) is 23.4 Å². The fourth-order valence-electron chi connectivity index (χ4n) is 2.83. The van der Waals surface area contributed by atoms with Gasteiger partial charge in [-0.2, -0.15) is 0 Å². The summed E-state index contributed by atoms with van der Waals surface area (Å²) in [7, 11) is 0. The molecule has 29 heavy (non-hydrogen) atoms. The molecule has 7 nitrogen and oxygen atoms in total. The van der Waals surface area contributed by atoms with Crippen LogP contribution in [-0.2, 0) is 13.2 Å². The van der Waals surface area contributed by atoms with E-state index >= 15 is 0 Å². The molecule has 0 aliphatic carbocycles. The van der Waals surface area contributed by atoms with Crippen LogP contribution in [-0.4, -0.2) is 20.9 Å². The minimum absolute atomic E-state index is 0.0247. The standard InChI is InChI=1S/C22H18N4O3/c27-21-17-8-4-5-9-18(17)25-20(26-21)22(28)24-13-16-10-11-23-19(12-16)29-14-15-6-2-1-3-7-15/h1-12H,13-14H2,(H,24,28)(H,25,26,27). The number of carbonyl (C=O) groups excluding carboxylic acids is 1. The van der Waals surface area contributed by atoms with Crippen molar-refractivity contribution in [3.05, 3.63) is 100 Å². The third-order valence-corrected chi connectivity index (χ3v) is 4.31. The third-order valence-electron chi connectivity index (χ3n) is 4.31. The number of rotatable bonds is 6. The van der Waals surface area contributed by atoms with Crippen molar-refractivity contribution in [2.45, 2.75) is 13.2 Å². The van der Waals surface area contributed by atoms with Crippen molar-refractivity contribution in [3.63, 3.8) is 0 Å². The van der Waals surface area contributed by atoms with E-state index in [1.54, 1.807) is 42.6 Å². The van der Waals surface area contributed by atoms with E-state index in [4.69, 9.17) is 4.74 Å². The van der Waals surface area contributed by atoms with Gasteiger partial charge in [0.05, 0.1) is 10.9 Å². The lowest BCUT2D eigenvalue weighted by atomic mass is 10.2. The van der Waals surface area contributed by atoms with Crippen LogP contribution in [0.4, 0.5) is 0 Å². The first-order valence-corrected chi connectivity index (χ1v) is 9.08. The second-order valence-corrected chi connectivity index (χ2v) is 6.39. The zero-order valence-corrected chi connectivity index (χ0v) is 15.5. The molecule has 0 saturated heterocycles. The van der Waals surface area contributed by atoms with Gasteiger partial charge in [-0.05, 0) is 29.3 Å². The van der Waals surface area contributed by atoms with Gasteiger partial charge in [0.2, 0.25) is 5.88 Å². The molecule has 2 aromatic carbocycles. The van der Waals surface area contributed by atoms with E-state index in [9.17, 15) is 9.59 Å². The molecule has 0 radical (unpaired) electrons. The van der Waals surface area contributed by atoms with Crippen LogP contribution >= 0.6 is 0 Å². The molecule has 0 fully saturated rings. The monoisotopic (exact) mass is 386 g/mol. The van der Waals surface area contributed by atoms with E-state index in [2.05, 4.69) is 20.3 Å². The number of aromatic nitrogens is 3. The number of benzene rings is 2. The van der Waals surface area contributed by atoms with Crippen molar-refractivity contribution in [1.82, 2.24) is 20.3 Å². The molecule has 0 spiro atoms. The smallest absolute Gasteiger partial charge is 0.287 e. The molecule has 2 N–H and O–H groups in total. The van der Waals surface area contributed by atoms with Crippen LogP contribution in [0.1, 0.15) is 21.7 Å². The Balaban J connectivity index is 1.41. The normalized spacial score (nSPS) is 10.6. The lowest BCUT2D eigenvalue weighted by molar-refractivity contribution is 0.0940. The van der Waals surface area contributed by atoms with Gasteiger partial charge in [0.15, 0.2) is 5.82 Å². The summed E-state index contributed by atoms with van der Waals surface area (Å²) in [6, 6.07) is 20.2. The molecule has 0 bridgehead atoms. The van der Waals surface area contributed by atoms with Crippen molar-refractivity contribution in [2.24, 2.45) is 0 Å². The highest BCUT2D eigenvalue weighted by molar-refractivity contribution is 5.92. The third kappa shape index (κ3) is 4.47. The molecule has 2 heterocycles. The topological polar surface area (TPSA) is 97.0 Å². The quantitative estimate of drug-likeness (QED) is 0.531. The number of pyridine rings is 1. The van der Waals surface area contributed by atoms with E-state index in [-0.39, 0.29) is 17.9 Å². The number of H-pyrrole nitrogens is 1. The van der Waals surface area contributed by atoms with Gasteiger partial charge in [0.1, 0.15) is 6.61 Å². The summed E-state index contributed by atoms with van der Waals surface area (Å²) in [5.41, 5.74) is 1.99. The van der Waals surface area contributed by atoms with Gasteiger partial charge in [-0.3, -0.25) is 9.59 Å². The van der Waals surface area contributed by atoms with Crippen LogP contribution < -0.4 is 15.6 Å². The van der Waals surface area contributed by atoms with Crippen LogP contribution in [0.15, 0.2) is 77.7 Å². The number of nitrogens with zero attached hydrogens (tertiary/aromatic N) is 2. The molecule has 0 saturated carbocycles. The molecule has 0 aliphatic heterocycles. The molecule has 0 atom stereocenters. The Kier molecular flexibility index (Phi) is 5.29. The van der Waals surface area contributed by atoms with Gasteiger partial charge < -0.3 is 15.0 Å². The summed E-state index contributed by atoms with van der Waals surface area (Å²) >= 11 is 0. The van der Waals surface area contributed by atoms with Crippen molar-refractivity contribution >= 4 is 16.8 Å². The highest BCUT2D eigenvalue weighted by atomic mass is 16.5. The molecule has 4 aromatic rings. The number of hydrogen-bond acceptors (Lipinski definition) is 5. The Morgan fingerprint density at radius 2 is 1.79 bits per heavy atom. The molecule has 2 aromatic heterocycles. The summed E-state index contributed by atoms with van der Waals surface area (Å²) in [4.78, 5) is 35.5. The number of amides is 1. The zero-order valence-electron chi connectivity index (χ0n) is 15.5. The summed E-state index contributed by atoms with van der Waals surface area (Å²) in [6.07, 6.45) is 1.62. The van der Waals surface area contributed by atoms with E-state index < -0.39 is 5.91 Å².